The fourth-order valence-corrected chi connectivity index (χ4v) is 4.10. The molecular formula is C19H33N3O5. The zero-order valence-corrected chi connectivity index (χ0v) is 16.9. The second-order valence-corrected chi connectivity index (χ2v) is 8.32. The number of morpholine rings is 1. The monoisotopic (exact) mass is 383 g/mol. The summed E-state index contributed by atoms with van der Waals surface area (Å²) < 4.78 is 17.5. The molecule has 1 spiro atoms. The average molecular weight is 383 g/mol. The molecule has 2 saturated heterocycles. The zero-order valence-electron chi connectivity index (χ0n) is 16.9. The lowest BCUT2D eigenvalue weighted by atomic mass is 9.77. The van der Waals surface area contributed by atoms with Gasteiger partial charge in [-0.3, -0.25) is 14.5 Å². The molecular weight excluding hydrogens is 350 g/mol. The Morgan fingerprint density at radius 3 is 2.56 bits per heavy atom. The van der Waals surface area contributed by atoms with Crippen molar-refractivity contribution in [2.75, 3.05) is 73.7 Å². The molecule has 1 atom stereocenters. The first kappa shape index (κ1) is 20.5. The summed E-state index contributed by atoms with van der Waals surface area (Å²) in [6.07, 6.45) is 3.46. The summed E-state index contributed by atoms with van der Waals surface area (Å²) in [6.45, 7) is 4.20. The number of carbonyl (C=O) groups excluding carboxylic acids is 2. The number of methoxy groups -OCH3 is 1. The minimum atomic E-state index is -0.573. The van der Waals surface area contributed by atoms with Crippen molar-refractivity contribution in [3.8, 4) is 0 Å². The van der Waals surface area contributed by atoms with Gasteiger partial charge in [-0.25, -0.2) is 0 Å². The molecule has 0 aromatic rings. The first-order valence-corrected chi connectivity index (χ1v) is 9.84. The lowest BCUT2D eigenvalue weighted by molar-refractivity contribution is -0.169. The van der Waals surface area contributed by atoms with Gasteiger partial charge in [0.05, 0.1) is 44.9 Å². The Hall–Kier alpha value is -1.22. The predicted molar refractivity (Wildman–Crippen MR) is 99.4 cm³/mol. The van der Waals surface area contributed by atoms with Crippen molar-refractivity contribution >= 4 is 11.8 Å². The Kier molecular flexibility index (Phi) is 6.40. The first-order valence-electron chi connectivity index (χ1n) is 9.84. The maximum atomic E-state index is 12.9. The third-order valence-electron chi connectivity index (χ3n) is 6.06. The van der Waals surface area contributed by atoms with Crippen LogP contribution in [-0.2, 0) is 23.8 Å². The summed E-state index contributed by atoms with van der Waals surface area (Å²) in [5.74, 6) is 0.183. The molecule has 3 aliphatic rings. The van der Waals surface area contributed by atoms with Gasteiger partial charge in [0, 0.05) is 40.8 Å². The molecule has 0 N–H and O–H groups in total. The van der Waals surface area contributed by atoms with Crippen LogP contribution in [0.2, 0.25) is 0 Å². The SMILES string of the molecule is COC1(CC(=O)N2CCOC3(COCCN(CC(=O)N(C)C)C3)C2)CCC1. The Balaban J connectivity index is 1.63. The number of amides is 2. The maximum Gasteiger partial charge on any atom is 0.236 e. The van der Waals surface area contributed by atoms with E-state index in [1.807, 2.05) is 4.90 Å². The predicted octanol–water partition coefficient (Wildman–Crippen LogP) is -0.0364. The fourth-order valence-electron chi connectivity index (χ4n) is 4.10. The lowest BCUT2D eigenvalue weighted by Gasteiger charge is -2.45. The van der Waals surface area contributed by atoms with E-state index in [1.165, 1.54) is 0 Å². The third kappa shape index (κ3) is 4.80. The van der Waals surface area contributed by atoms with Gasteiger partial charge in [-0.05, 0) is 19.3 Å². The Morgan fingerprint density at radius 2 is 1.93 bits per heavy atom. The van der Waals surface area contributed by atoms with Crippen LogP contribution in [0.5, 0.6) is 0 Å². The van der Waals surface area contributed by atoms with Crippen LogP contribution in [0.4, 0.5) is 0 Å². The van der Waals surface area contributed by atoms with Crippen LogP contribution in [0.1, 0.15) is 25.7 Å². The zero-order chi connectivity index (χ0) is 19.5. The van der Waals surface area contributed by atoms with E-state index in [-0.39, 0.29) is 17.4 Å². The van der Waals surface area contributed by atoms with Gasteiger partial charge in [0.1, 0.15) is 5.60 Å². The molecule has 2 aliphatic heterocycles. The molecule has 1 saturated carbocycles. The summed E-state index contributed by atoms with van der Waals surface area (Å²) >= 11 is 0. The molecule has 0 bridgehead atoms. The number of likely N-dealkylation sites (N-methyl/N-ethyl adjacent to an activating group) is 1. The van der Waals surface area contributed by atoms with Crippen LogP contribution in [0.25, 0.3) is 0 Å². The minimum Gasteiger partial charge on any atom is -0.378 e. The molecule has 2 amide bonds. The third-order valence-corrected chi connectivity index (χ3v) is 6.06. The van der Waals surface area contributed by atoms with Gasteiger partial charge in [-0.2, -0.15) is 0 Å². The van der Waals surface area contributed by atoms with E-state index in [0.717, 1.165) is 19.3 Å². The van der Waals surface area contributed by atoms with Crippen LogP contribution in [-0.4, -0.2) is 111 Å². The highest BCUT2D eigenvalue weighted by Gasteiger charge is 2.45. The van der Waals surface area contributed by atoms with E-state index in [2.05, 4.69) is 4.90 Å². The van der Waals surface area contributed by atoms with E-state index in [4.69, 9.17) is 14.2 Å². The first-order chi connectivity index (χ1) is 12.9. The number of hydrogen-bond acceptors (Lipinski definition) is 6. The van der Waals surface area contributed by atoms with Crippen molar-refractivity contribution in [3.63, 3.8) is 0 Å². The van der Waals surface area contributed by atoms with Gasteiger partial charge in [0.2, 0.25) is 11.8 Å². The average Bonchev–Trinajstić information content (AvgIpc) is 2.80. The molecule has 0 aromatic heterocycles. The second-order valence-electron chi connectivity index (χ2n) is 8.32. The van der Waals surface area contributed by atoms with Crippen LogP contribution in [0.3, 0.4) is 0 Å². The van der Waals surface area contributed by atoms with E-state index in [9.17, 15) is 9.59 Å². The van der Waals surface area contributed by atoms with Gasteiger partial charge in [0.15, 0.2) is 0 Å². The summed E-state index contributed by atoms with van der Waals surface area (Å²) in [4.78, 5) is 30.6. The van der Waals surface area contributed by atoms with Crippen molar-refractivity contribution in [1.29, 1.82) is 0 Å². The van der Waals surface area contributed by atoms with Crippen molar-refractivity contribution in [3.05, 3.63) is 0 Å². The van der Waals surface area contributed by atoms with Crippen LogP contribution in [0, 0.1) is 0 Å². The van der Waals surface area contributed by atoms with Crippen molar-refractivity contribution in [2.24, 2.45) is 0 Å². The van der Waals surface area contributed by atoms with Gasteiger partial charge >= 0.3 is 0 Å². The highest BCUT2D eigenvalue weighted by molar-refractivity contribution is 5.78. The summed E-state index contributed by atoms with van der Waals surface area (Å²) in [6, 6.07) is 0. The largest absolute Gasteiger partial charge is 0.378 e. The smallest absolute Gasteiger partial charge is 0.236 e. The van der Waals surface area contributed by atoms with Crippen LogP contribution in [0.15, 0.2) is 0 Å². The van der Waals surface area contributed by atoms with Gasteiger partial charge in [-0.15, -0.1) is 0 Å². The molecule has 8 nitrogen and oxygen atoms in total. The Bertz CT molecular complexity index is 546. The lowest BCUT2D eigenvalue weighted by Crippen LogP contribution is -2.61. The summed E-state index contributed by atoms with van der Waals surface area (Å²) in [5, 5.41) is 0. The van der Waals surface area contributed by atoms with Gasteiger partial charge in [0.25, 0.3) is 0 Å². The quantitative estimate of drug-likeness (QED) is 0.664. The van der Waals surface area contributed by atoms with E-state index in [0.29, 0.717) is 59.0 Å². The summed E-state index contributed by atoms with van der Waals surface area (Å²) in [5.41, 5.74) is -0.844. The number of rotatable bonds is 5. The number of carbonyl (C=O) groups is 2. The molecule has 27 heavy (non-hydrogen) atoms. The van der Waals surface area contributed by atoms with E-state index < -0.39 is 5.60 Å². The Labute approximate surface area is 161 Å². The molecule has 2 heterocycles. The summed E-state index contributed by atoms with van der Waals surface area (Å²) in [7, 11) is 5.22. The topological polar surface area (TPSA) is 71.5 Å². The molecule has 154 valence electrons. The molecule has 0 radical (unpaired) electrons. The number of hydrogen-bond donors (Lipinski definition) is 0. The second kappa shape index (κ2) is 8.43. The van der Waals surface area contributed by atoms with Crippen molar-refractivity contribution in [1.82, 2.24) is 14.7 Å². The molecule has 3 rings (SSSR count). The molecule has 8 heteroatoms. The minimum absolute atomic E-state index is 0.0582. The van der Waals surface area contributed by atoms with Crippen LogP contribution >= 0.6 is 0 Å². The molecule has 1 aliphatic carbocycles. The highest BCUT2D eigenvalue weighted by Crippen LogP contribution is 2.38. The van der Waals surface area contributed by atoms with E-state index >= 15 is 0 Å². The highest BCUT2D eigenvalue weighted by atomic mass is 16.5. The fraction of sp³-hybridized carbons (Fsp3) is 0.895. The van der Waals surface area contributed by atoms with Crippen LogP contribution < -0.4 is 0 Å². The Morgan fingerprint density at radius 1 is 1.15 bits per heavy atom. The number of nitrogens with zero attached hydrogens (tertiary/aromatic N) is 3. The van der Waals surface area contributed by atoms with Gasteiger partial charge < -0.3 is 24.0 Å². The van der Waals surface area contributed by atoms with Crippen molar-refractivity contribution in [2.45, 2.75) is 36.9 Å². The molecule has 0 aromatic carbocycles. The molecule has 3 fully saturated rings. The van der Waals surface area contributed by atoms with Gasteiger partial charge in [-0.1, -0.05) is 0 Å². The number of ether oxygens (including phenoxy) is 3. The van der Waals surface area contributed by atoms with Crippen molar-refractivity contribution < 1.29 is 23.8 Å². The molecule has 1 unspecified atom stereocenters. The maximum absolute atomic E-state index is 12.9. The normalized spacial score (nSPS) is 28.5. The van der Waals surface area contributed by atoms with E-state index in [1.54, 1.807) is 26.1 Å². The standard InChI is InChI=1S/C19H33N3O5/c1-20(2)17(24)12-21-7-9-26-15-19(13-21)14-22(8-10-27-19)16(23)11-18(25-3)5-4-6-18/h4-15H2,1-3H3.